The number of nitrogens with zero attached hydrogens (tertiary/aromatic N) is 1. The highest BCUT2D eigenvalue weighted by Gasteiger charge is 2.12. The lowest BCUT2D eigenvalue weighted by Gasteiger charge is -2.05. The fraction of sp³-hybridized carbons (Fsp3) is 0.200. The molecule has 0 heterocycles. The summed E-state index contributed by atoms with van der Waals surface area (Å²) in [4.78, 5) is 31.8. The number of non-ortho nitro benzene ring substituents is 1. The van der Waals surface area contributed by atoms with Gasteiger partial charge in [-0.25, -0.2) is 0 Å². The maximum atomic E-state index is 11.3. The van der Waals surface area contributed by atoms with Gasteiger partial charge in [0.15, 0.2) is 0 Å². The first-order chi connectivity index (χ1) is 7.90. The number of amides is 1. The monoisotopic (exact) mass is 256 g/mol. The van der Waals surface area contributed by atoms with Gasteiger partial charge in [0.1, 0.15) is 5.78 Å². The van der Waals surface area contributed by atoms with Gasteiger partial charge < -0.3 is 5.32 Å². The second-order valence-electron chi connectivity index (χ2n) is 3.35. The van der Waals surface area contributed by atoms with Crippen LogP contribution < -0.4 is 5.32 Å². The Morgan fingerprint density at radius 2 is 2.12 bits per heavy atom. The van der Waals surface area contributed by atoms with Crippen LogP contribution in [0.4, 0.5) is 11.4 Å². The molecule has 6 nitrogen and oxygen atoms in total. The Balaban J connectivity index is 2.83. The van der Waals surface area contributed by atoms with Crippen LogP contribution >= 0.6 is 11.6 Å². The van der Waals surface area contributed by atoms with Gasteiger partial charge in [-0.1, -0.05) is 11.6 Å². The molecule has 1 rings (SSSR count). The maximum absolute atomic E-state index is 11.3. The first-order valence-corrected chi connectivity index (χ1v) is 5.01. The summed E-state index contributed by atoms with van der Waals surface area (Å²) in [5.74, 6) is -0.784. The number of benzene rings is 1. The minimum Gasteiger partial charge on any atom is -0.324 e. The lowest BCUT2D eigenvalue weighted by molar-refractivity contribution is -0.384. The molecule has 1 amide bonds. The van der Waals surface area contributed by atoms with Crippen LogP contribution in [0.3, 0.4) is 0 Å². The smallest absolute Gasteiger partial charge is 0.271 e. The Bertz CT molecular complexity index is 487. The Morgan fingerprint density at radius 1 is 1.47 bits per heavy atom. The summed E-state index contributed by atoms with van der Waals surface area (Å²) in [7, 11) is 0. The number of hydrogen-bond acceptors (Lipinski definition) is 4. The highest BCUT2D eigenvalue weighted by molar-refractivity contribution is 6.34. The SMILES string of the molecule is CC(=O)CC(=O)Nc1ccc([N+](=O)[O-])cc1Cl. The largest absolute Gasteiger partial charge is 0.324 e. The summed E-state index contributed by atoms with van der Waals surface area (Å²) in [6, 6.07) is 3.67. The van der Waals surface area contributed by atoms with Crippen LogP contribution in [0, 0.1) is 10.1 Å². The number of nitro benzene ring substituents is 1. The summed E-state index contributed by atoms with van der Waals surface area (Å²) in [6.07, 6.45) is -0.257. The maximum Gasteiger partial charge on any atom is 0.271 e. The predicted octanol–water partition coefficient (Wildman–Crippen LogP) is 2.17. The van der Waals surface area contributed by atoms with E-state index >= 15 is 0 Å². The summed E-state index contributed by atoms with van der Waals surface area (Å²) < 4.78 is 0. The van der Waals surface area contributed by atoms with E-state index in [1.165, 1.54) is 19.1 Å². The van der Waals surface area contributed by atoms with Gasteiger partial charge in [-0.2, -0.15) is 0 Å². The van der Waals surface area contributed by atoms with Crippen molar-refractivity contribution in [1.82, 2.24) is 0 Å². The average Bonchev–Trinajstić information content (AvgIpc) is 2.19. The molecule has 0 fully saturated rings. The number of Topliss-reactive ketones (excluding diaryl/α,β-unsaturated/α-hetero) is 1. The van der Waals surface area contributed by atoms with Crippen molar-refractivity contribution >= 4 is 34.7 Å². The van der Waals surface area contributed by atoms with Crippen LogP contribution in [-0.2, 0) is 9.59 Å². The standard InChI is InChI=1S/C10H9ClN2O4/c1-6(14)4-10(15)12-9-3-2-7(13(16)17)5-8(9)11/h2-3,5H,4H2,1H3,(H,12,15). The van der Waals surface area contributed by atoms with Crippen LogP contribution in [-0.4, -0.2) is 16.6 Å². The van der Waals surface area contributed by atoms with Crippen LogP contribution in [0.1, 0.15) is 13.3 Å². The Labute approximate surface area is 102 Å². The quantitative estimate of drug-likeness (QED) is 0.508. The molecule has 0 aliphatic heterocycles. The number of hydrogen-bond donors (Lipinski definition) is 1. The molecule has 0 aliphatic rings. The van der Waals surface area contributed by atoms with Crippen molar-refractivity contribution < 1.29 is 14.5 Å². The molecule has 0 spiro atoms. The summed E-state index contributed by atoms with van der Waals surface area (Å²) in [5, 5.41) is 12.9. The van der Waals surface area contributed by atoms with E-state index < -0.39 is 10.8 Å². The Hall–Kier alpha value is -1.95. The van der Waals surface area contributed by atoms with Gasteiger partial charge in [0, 0.05) is 12.1 Å². The van der Waals surface area contributed by atoms with Crippen LogP contribution in [0.5, 0.6) is 0 Å². The predicted molar refractivity (Wildman–Crippen MR) is 62.0 cm³/mol. The molecular formula is C10H9ClN2O4. The second kappa shape index (κ2) is 5.40. The Morgan fingerprint density at radius 3 is 2.59 bits per heavy atom. The molecule has 0 unspecified atom stereocenters. The molecule has 1 N–H and O–H groups in total. The number of nitro groups is 1. The highest BCUT2D eigenvalue weighted by Crippen LogP contribution is 2.26. The van der Waals surface area contributed by atoms with Crippen molar-refractivity contribution in [2.45, 2.75) is 13.3 Å². The fourth-order valence-electron chi connectivity index (χ4n) is 1.14. The number of ketones is 1. The van der Waals surface area contributed by atoms with Gasteiger partial charge in [0.2, 0.25) is 5.91 Å². The number of nitrogens with one attached hydrogen (secondary N) is 1. The number of anilines is 1. The second-order valence-corrected chi connectivity index (χ2v) is 3.76. The van der Waals surface area contributed by atoms with Crippen LogP contribution in [0.15, 0.2) is 18.2 Å². The minimum absolute atomic E-state index is 0.0519. The zero-order valence-electron chi connectivity index (χ0n) is 8.90. The summed E-state index contributed by atoms with van der Waals surface area (Å²) in [6.45, 7) is 1.29. The zero-order chi connectivity index (χ0) is 13.0. The van der Waals surface area contributed by atoms with E-state index in [0.717, 1.165) is 6.07 Å². The number of rotatable bonds is 4. The molecule has 0 radical (unpaired) electrons. The van der Waals surface area contributed by atoms with Gasteiger partial charge in [0.25, 0.3) is 5.69 Å². The average molecular weight is 257 g/mol. The molecule has 0 saturated carbocycles. The lowest BCUT2D eigenvalue weighted by atomic mass is 10.2. The normalized spacial score (nSPS) is 9.76. The van der Waals surface area contributed by atoms with E-state index in [2.05, 4.69) is 5.32 Å². The van der Waals surface area contributed by atoms with Gasteiger partial charge >= 0.3 is 0 Å². The molecule has 1 aromatic carbocycles. The first-order valence-electron chi connectivity index (χ1n) is 4.63. The highest BCUT2D eigenvalue weighted by atomic mass is 35.5. The molecule has 7 heteroatoms. The van der Waals surface area contributed by atoms with Crippen molar-refractivity contribution in [2.75, 3.05) is 5.32 Å². The third kappa shape index (κ3) is 3.84. The first kappa shape index (κ1) is 13.1. The van der Waals surface area contributed by atoms with Crippen molar-refractivity contribution in [1.29, 1.82) is 0 Å². The molecule has 90 valence electrons. The zero-order valence-corrected chi connectivity index (χ0v) is 9.65. The van der Waals surface area contributed by atoms with E-state index in [0.29, 0.717) is 0 Å². The van der Waals surface area contributed by atoms with Crippen molar-refractivity contribution in [3.63, 3.8) is 0 Å². The molecule has 0 aliphatic carbocycles. The van der Waals surface area contributed by atoms with Gasteiger partial charge in [-0.15, -0.1) is 0 Å². The third-order valence-corrected chi connectivity index (χ3v) is 2.16. The van der Waals surface area contributed by atoms with Gasteiger partial charge in [-0.3, -0.25) is 19.7 Å². The molecule has 0 saturated heterocycles. The van der Waals surface area contributed by atoms with Gasteiger partial charge in [0.05, 0.1) is 22.1 Å². The van der Waals surface area contributed by atoms with E-state index in [4.69, 9.17) is 11.6 Å². The van der Waals surface area contributed by atoms with Crippen LogP contribution in [0.2, 0.25) is 5.02 Å². The van der Waals surface area contributed by atoms with Crippen LogP contribution in [0.25, 0.3) is 0 Å². The third-order valence-electron chi connectivity index (χ3n) is 1.85. The molecule has 0 aromatic heterocycles. The fourth-order valence-corrected chi connectivity index (χ4v) is 1.36. The lowest BCUT2D eigenvalue weighted by Crippen LogP contribution is -2.14. The number of halogens is 1. The van der Waals surface area contributed by atoms with E-state index in [1.807, 2.05) is 0 Å². The van der Waals surface area contributed by atoms with Crippen molar-refractivity contribution in [3.05, 3.63) is 33.3 Å². The van der Waals surface area contributed by atoms with Crippen molar-refractivity contribution in [2.24, 2.45) is 0 Å². The van der Waals surface area contributed by atoms with E-state index in [9.17, 15) is 19.7 Å². The van der Waals surface area contributed by atoms with E-state index in [1.54, 1.807) is 0 Å². The van der Waals surface area contributed by atoms with E-state index in [-0.39, 0.29) is 28.6 Å². The number of carbonyl (C=O) groups excluding carboxylic acids is 2. The summed E-state index contributed by atoms with van der Waals surface area (Å²) in [5.41, 5.74) is 0.0723. The Kier molecular flexibility index (Phi) is 4.17. The molecule has 0 atom stereocenters. The molecular weight excluding hydrogens is 248 g/mol. The topological polar surface area (TPSA) is 89.3 Å². The molecule has 1 aromatic rings. The summed E-state index contributed by atoms with van der Waals surface area (Å²) >= 11 is 5.75. The van der Waals surface area contributed by atoms with Gasteiger partial charge in [-0.05, 0) is 13.0 Å². The number of carbonyl (C=O) groups is 2. The molecule has 0 bridgehead atoms. The molecule has 17 heavy (non-hydrogen) atoms. The van der Waals surface area contributed by atoms with Crippen molar-refractivity contribution in [3.8, 4) is 0 Å². The minimum atomic E-state index is -0.590.